The number of nitrogens with zero attached hydrogens (tertiary/aromatic N) is 1. The van der Waals surface area contributed by atoms with Gasteiger partial charge in [-0.05, 0) is 85.3 Å². The molecule has 3 aromatic carbocycles. The Balaban J connectivity index is 1.26. The summed E-state index contributed by atoms with van der Waals surface area (Å²) in [7, 11) is 0. The van der Waals surface area contributed by atoms with E-state index in [9.17, 15) is 4.79 Å². The van der Waals surface area contributed by atoms with E-state index in [0.29, 0.717) is 10.7 Å². The standard InChI is InChI=1S/C26H22N2O2S/c29-25(21-11-10-18-6-4-5-7-20(18)16-21)28-26-27-24(17-31-26)19-12-14-23(15-13-19)30-22-8-2-1-3-9-22/h1-3,8-17H,4-7H2,(H,27,28,29). The van der Waals surface area contributed by atoms with Crippen LogP contribution >= 0.6 is 11.3 Å². The summed E-state index contributed by atoms with van der Waals surface area (Å²) in [4.78, 5) is 17.3. The molecule has 1 amide bonds. The number of para-hydroxylation sites is 1. The van der Waals surface area contributed by atoms with E-state index < -0.39 is 0 Å². The zero-order chi connectivity index (χ0) is 21.0. The van der Waals surface area contributed by atoms with Crippen LogP contribution < -0.4 is 10.1 Å². The van der Waals surface area contributed by atoms with Gasteiger partial charge < -0.3 is 4.74 Å². The fourth-order valence-electron chi connectivity index (χ4n) is 3.83. The van der Waals surface area contributed by atoms with Gasteiger partial charge in [0, 0.05) is 16.5 Å². The van der Waals surface area contributed by atoms with Gasteiger partial charge in [-0.2, -0.15) is 0 Å². The number of hydrogen-bond donors (Lipinski definition) is 1. The minimum Gasteiger partial charge on any atom is -0.457 e. The Bertz CT molecular complexity index is 1200. The minimum absolute atomic E-state index is 0.110. The average Bonchev–Trinajstić information content (AvgIpc) is 3.28. The van der Waals surface area contributed by atoms with Gasteiger partial charge in [-0.3, -0.25) is 10.1 Å². The Morgan fingerprint density at radius 3 is 2.42 bits per heavy atom. The molecule has 0 saturated carbocycles. The Morgan fingerprint density at radius 1 is 0.871 bits per heavy atom. The topological polar surface area (TPSA) is 51.2 Å². The lowest BCUT2D eigenvalue weighted by molar-refractivity contribution is 0.102. The van der Waals surface area contributed by atoms with Crippen molar-refractivity contribution in [1.82, 2.24) is 4.98 Å². The van der Waals surface area contributed by atoms with Crippen LogP contribution in [0.5, 0.6) is 11.5 Å². The quantitative estimate of drug-likeness (QED) is 0.385. The highest BCUT2D eigenvalue weighted by atomic mass is 32.1. The Morgan fingerprint density at radius 2 is 1.61 bits per heavy atom. The number of fused-ring (bicyclic) bond motifs is 1. The van der Waals surface area contributed by atoms with Crippen molar-refractivity contribution in [3.8, 4) is 22.8 Å². The average molecular weight is 427 g/mol. The third-order valence-electron chi connectivity index (χ3n) is 5.46. The number of anilines is 1. The molecule has 0 saturated heterocycles. The van der Waals surface area contributed by atoms with Gasteiger partial charge in [-0.25, -0.2) is 4.98 Å². The number of thiazole rings is 1. The van der Waals surface area contributed by atoms with Crippen LogP contribution in [-0.2, 0) is 12.8 Å². The number of aromatic nitrogens is 1. The molecule has 1 aliphatic rings. The van der Waals surface area contributed by atoms with Crippen molar-refractivity contribution in [2.45, 2.75) is 25.7 Å². The maximum absolute atomic E-state index is 12.7. The SMILES string of the molecule is O=C(Nc1nc(-c2ccc(Oc3ccccc3)cc2)cs1)c1ccc2c(c1)CCCC2. The second-order valence-electron chi connectivity index (χ2n) is 7.62. The molecule has 5 heteroatoms. The molecule has 154 valence electrons. The van der Waals surface area contributed by atoms with Gasteiger partial charge in [0.05, 0.1) is 5.69 Å². The predicted octanol–water partition coefficient (Wildman–Crippen LogP) is 6.73. The van der Waals surface area contributed by atoms with Crippen molar-refractivity contribution >= 4 is 22.4 Å². The van der Waals surface area contributed by atoms with Gasteiger partial charge in [0.2, 0.25) is 0 Å². The molecule has 0 aliphatic heterocycles. The molecule has 31 heavy (non-hydrogen) atoms. The number of ether oxygens (including phenoxy) is 1. The molecule has 0 unspecified atom stereocenters. The molecule has 4 aromatic rings. The molecule has 0 fully saturated rings. The molecule has 0 atom stereocenters. The molecular weight excluding hydrogens is 404 g/mol. The van der Waals surface area contributed by atoms with Crippen LogP contribution in [0.15, 0.2) is 78.2 Å². The Kier molecular flexibility index (Phi) is 5.50. The highest BCUT2D eigenvalue weighted by Crippen LogP contribution is 2.29. The van der Waals surface area contributed by atoms with E-state index in [1.807, 2.05) is 72.1 Å². The molecule has 5 rings (SSSR count). The van der Waals surface area contributed by atoms with Gasteiger partial charge in [0.1, 0.15) is 11.5 Å². The maximum atomic E-state index is 12.7. The lowest BCUT2D eigenvalue weighted by atomic mass is 9.90. The molecule has 4 nitrogen and oxygen atoms in total. The number of rotatable bonds is 5. The smallest absolute Gasteiger partial charge is 0.257 e. The molecule has 1 N–H and O–H groups in total. The van der Waals surface area contributed by atoms with Gasteiger partial charge >= 0.3 is 0 Å². The van der Waals surface area contributed by atoms with E-state index >= 15 is 0 Å². The summed E-state index contributed by atoms with van der Waals surface area (Å²) < 4.78 is 5.84. The number of nitrogens with one attached hydrogen (secondary N) is 1. The summed E-state index contributed by atoms with van der Waals surface area (Å²) in [6.45, 7) is 0. The molecule has 1 heterocycles. The Hall–Kier alpha value is -3.44. The van der Waals surface area contributed by atoms with Gasteiger partial charge in [0.15, 0.2) is 5.13 Å². The van der Waals surface area contributed by atoms with E-state index in [1.165, 1.54) is 35.3 Å². The van der Waals surface area contributed by atoms with Crippen molar-refractivity contribution in [3.05, 3.63) is 94.9 Å². The summed E-state index contributed by atoms with van der Waals surface area (Å²) in [5, 5.41) is 5.50. The first kappa shape index (κ1) is 19.5. The maximum Gasteiger partial charge on any atom is 0.257 e. The highest BCUT2D eigenvalue weighted by Gasteiger charge is 2.14. The van der Waals surface area contributed by atoms with Gasteiger partial charge in [-0.15, -0.1) is 11.3 Å². The van der Waals surface area contributed by atoms with Crippen molar-refractivity contribution in [3.63, 3.8) is 0 Å². The minimum atomic E-state index is -0.110. The van der Waals surface area contributed by atoms with Crippen LogP contribution in [0.2, 0.25) is 0 Å². The van der Waals surface area contributed by atoms with Crippen molar-refractivity contribution in [2.24, 2.45) is 0 Å². The van der Waals surface area contributed by atoms with Crippen molar-refractivity contribution in [2.75, 3.05) is 5.32 Å². The molecule has 1 aliphatic carbocycles. The second kappa shape index (κ2) is 8.74. The summed E-state index contributed by atoms with van der Waals surface area (Å²) in [6.07, 6.45) is 4.60. The summed E-state index contributed by atoms with van der Waals surface area (Å²) >= 11 is 1.43. The number of benzene rings is 3. The number of hydrogen-bond acceptors (Lipinski definition) is 4. The lowest BCUT2D eigenvalue weighted by Crippen LogP contribution is -2.13. The first-order valence-electron chi connectivity index (χ1n) is 10.5. The molecule has 0 spiro atoms. The fraction of sp³-hybridized carbons (Fsp3) is 0.154. The van der Waals surface area contributed by atoms with E-state index in [1.54, 1.807) is 0 Å². The van der Waals surface area contributed by atoms with Crippen LogP contribution in [0.25, 0.3) is 11.3 Å². The molecular formula is C26H22N2O2S. The van der Waals surface area contributed by atoms with Gasteiger partial charge in [-0.1, -0.05) is 24.3 Å². The van der Waals surface area contributed by atoms with Crippen molar-refractivity contribution < 1.29 is 9.53 Å². The van der Waals surface area contributed by atoms with Crippen molar-refractivity contribution in [1.29, 1.82) is 0 Å². The third-order valence-corrected chi connectivity index (χ3v) is 6.22. The number of carbonyl (C=O) groups excluding carboxylic acids is 1. The summed E-state index contributed by atoms with van der Waals surface area (Å²) in [5.74, 6) is 1.46. The van der Waals surface area contributed by atoms with Gasteiger partial charge in [0.25, 0.3) is 5.91 Å². The summed E-state index contributed by atoms with van der Waals surface area (Å²) in [5.41, 5.74) is 5.18. The monoisotopic (exact) mass is 426 g/mol. The number of aryl methyl sites for hydroxylation is 2. The normalized spacial score (nSPS) is 12.8. The van der Waals surface area contributed by atoms with E-state index in [4.69, 9.17) is 4.74 Å². The zero-order valence-electron chi connectivity index (χ0n) is 17.0. The summed E-state index contributed by atoms with van der Waals surface area (Å²) in [6, 6.07) is 23.5. The number of carbonyl (C=O) groups is 1. The third kappa shape index (κ3) is 4.52. The second-order valence-corrected chi connectivity index (χ2v) is 8.48. The lowest BCUT2D eigenvalue weighted by Gasteiger charge is -2.16. The zero-order valence-corrected chi connectivity index (χ0v) is 17.8. The van der Waals surface area contributed by atoms with Crippen LogP contribution in [0, 0.1) is 0 Å². The van der Waals surface area contributed by atoms with Crippen LogP contribution in [-0.4, -0.2) is 10.9 Å². The van der Waals surface area contributed by atoms with Crippen LogP contribution in [0.4, 0.5) is 5.13 Å². The highest BCUT2D eigenvalue weighted by molar-refractivity contribution is 7.14. The Labute approximate surface area is 185 Å². The first-order chi connectivity index (χ1) is 15.2. The fourth-order valence-corrected chi connectivity index (χ4v) is 4.54. The largest absolute Gasteiger partial charge is 0.457 e. The predicted molar refractivity (Wildman–Crippen MR) is 125 cm³/mol. The van der Waals surface area contributed by atoms with E-state index in [0.717, 1.165) is 35.6 Å². The first-order valence-corrected chi connectivity index (χ1v) is 11.3. The molecule has 0 bridgehead atoms. The van der Waals surface area contributed by atoms with Crippen LogP contribution in [0.3, 0.4) is 0 Å². The molecule has 0 radical (unpaired) electrons. The van der Waals surface area contributed by atoms with E-state index in [-0.39, 0.29) is 5.91 Å². The number of amides is 1. The van der Waals surface area contributed by atoms with Crippen LogP contribution in [0.1, 0.15) is 34.3 Å². The molecule has 1 aromatic heterocycles. The van der Waals surface area contributed by atoms with E-state index in [2.05, 4.69) is 16.4 Å².